The highest BCUT2D eigenvalue weighted by Gasteiger charge is 2.31. The van der Waals surface area contributed by atoms with E-state index in [4.69, 9.17) is 11.6 Å². The first kappa shape index (κ1) is 20.3. The normalized spacial score (nSPS) is 12.2. The Morgan fingerprint density at radius 1 is 1.25 bits per heavy atom. The standard InChI is InChI=1S/C19H19ClF3N3O2/c1-5-25-17(13-7-6-12(9-15(13)20)28-19(21,22)23)24-26-11(4)8-14(10(2)3)16(26)18(25)27/h6-10H,5H2,1-4H3. The molecular weight excluding hydrogens is 395 g/mol. The van der Waals surface area contributed by atoms with E-state index in [2.05, 4.69) is 9.84 Å². The van der Waals surface area contributed by atoms with E-state index >= 15 is 0 Å². The number of fused-ring (bicyclic) bond motifs is 1. The molecule has 0 atom stereocenters. The van der Waals surface area contributed by atoms with Gasteiger partial charge in [-0.3, -0.25) is 9.36 Å². The van der Waals surface area contributed by atoms with Gasteiger partial charge < -0.3 is 4.74 Å². The average molecular weight is 414 g/mol. The van der Waals surface area contributed by atoms with Gasteiger partial charge in [0.05, 0.1) is 5.02 Å². The number of benzene rings is 1. The lowest BCUT2D eigenvalue weighted by Crippen LogP contribution is -2.26. The van der Waals surface area contributed by atoms with Crippen molar-refractivity contribution >= 4 is 17.1 Å². The van der Waals surface area contributed by atoms with Crippen molar-refractivity contribution in [1.29, 1.82) is 0 Å². The molecule has 0 unspecified atom stereocenters. The van der Waals surface area contributed by atoms with Gasteiger partial charge in [-0.05, 0) is 49.6 Å². The van der Waals surface area contributed by atoms with Crippen molar-refractivity contribution in [3.63, 3.8) is 0 Å². The Bertz CT molecular complexity index is 1100. The van der Waals surface area contributed by atoms with Crippen LogP contribution in [0.15, 0.2) is 29.1 Å². The van der Waals surface area contributed by atoms with Gasteiger partial charge in [0.2, 0.25) is 0 Å². The molecule has 0 bridgehead atoms. The molecule has 0 saturated carbocycles. The van der Waals surface area contributed by atoms with Crippen molar-refractivity contribution in [1.82, 2.24) is 14.2 Å². The summed E-state index contributed by atoms with van der Waals surface area (Å²) < 4.78 is 44.2. The maximum Gasteiger partial charge on any atom is 0.573 e. The van der Waals surface area contributed by atoms with Gasteiger partial charge in [-0.1, -0.05) is 25.4 Å². The molecule has 1 aromatic carbocycles. The number of nitrogens with zero attached hydrogens (tertiary/aromatic N) is 3. The van der Waals surface area contributed by atoms with Crippen LogP contribution in [0.2, 0.25) is 5.02 Å². The van der Waals surface area contributed by atoms with E-state index in [0.717, 1.165) is 23.4 Å². The number of aromatic nitrogens is 3. The number of hydrogen-bond acceptors (Lipinski definition) is 3. The lowest BCUT2D eigenvalue weighted by Gasteiger charge is -2.15. The minimum Gasteiger partial charge on any atom is -0.406 e. The molecule has 3 rings (SSSR count). The zero-order valence-electron chi connectivity index (χ0n) is 15.8. The lowest BCUT2D eigenvalue weighted by atomic mass is 10.1. The number of hydrogen-bond donors (Lipinski definition) is 0. The largest absolute Gasteiger partial charge is 0.573 e. The number of alkyl halides is 3. The van der Waals surface area contributed by atoms with Crippen LogP contribution in [0.4, 0.5) is 13.2 Å². The summed E-state index contributed by atoms with van der Waals surface area (Å²) in [5.41, 5.74) is 2.29. The molecule has 2 aromatic heterocycles. The molecule has 0 amide bonds. The predicted octanol–water partition coefficient (Wildman–Crippen LogP) is 5.17. The molecule has 0 aliphatic heterocycles. The van der Waals surface area contributed by atoms with E-state index in [1.165, 1.54) is 10.6 Å². The second-order valence-electron chi connectivity index (χ2n) is 6.72. The first-order valence-corrected chi connectivity index (χ1v) is 9.10. The quantitative estimate of drug-likeness (QED) is 0.593. The topological polar surface area (TPSA) is 48.5 Å². The Morgan fingerprint density at radius 3 is 2.46 bits per heavy atom. The molecule has 0 aliphatic rings. The molecule has 0 fully saturated rings. The highest BCUT2D eigenvalue weighted by molar-refractivity contribution is 6.33. The van der Waals surface area contributed by atoms with Crippen molar-refractivity contribution in [3.8, 4) is 17.1 Å². The Balaban J connectivity index is 2.24. The minimum absolute atomic E-state index is 0.00379. The zero-order chi connectivity index (χ0) is 20.8. The van der Waals surface area contributed by atoms with E-state index in [9.17, 15) is 18.0 Å². The fourth-order valence-electron chi connectivity index (χ4n) is 3.18. The second-order valence-corrected chi connectivity index (χ2v) is 7.13. The third-order valence-corrected chi connectivity index (χ3v) is 4.75. The molecule has 5 nitrogen and oxygen atoms in total. The van der Waals surface area contributed by atoms with Crippen LogP contribution >= 0.6 is 11.6 Å². The van der Waals surface area contributed by atoms with Crippen molar-refractivity contribution in [3.05, 3.63) is 50.9 Å². The van der Waals surface area contributed by atoms with Crippen LogP contribution in [0, 0.1) is 6.92 Å². The molecule has 150 valence electrons. The smallest absolute Gasteiger partial charge is 0.406 e. The van der Waals surface area contributed by atoms with Gasteiger partial charge in [0.15, 0.2) is 5.82 Å². The third-order valence-electron chi connectivity index (χ3n) is 4.44. The van der Waals surface area contributed by atoms with E-state index in [0.29, 0.717) is 17.6 Å². The third kappa shape index (κ3) is 3.61. The summed E-state index contributed by atoms with van der Waals surface area (Å²) in [7, 11) is 0. The monoisotopic (exact) mass is 413 g/mol. The molecule has 0 spiro atoms. The highest BCUT2D eigenvalue weighted by Crippen LogP contribution is 2.33. The van der Waals surface area contributed by atoms with Crippen molar-refractivity contribution in [2.24, 2.45) is 0 Å². The van der Waals surface area contributed by atoms with Gasteiger partial charge >= 0.3 is 6.36 Å². The maximum absolute atomic E-state index is 13.1. The van der Waals surface area contributed by atoms with Gasteiger partial charge in [-0.25, -0.2) is 4.52 Å². The number of ether oxygens (including phenoxy) is 1. The van der Waals surface area contributed by atoms with Crippen LogP contribution in [0.3, 0.4) is 0 Å². The fraction of sp³-hybridized carbons (Fsp3) is 0.368. The van der Waals surface area contributed by atoms with Gasteiger partial charge in [-0.2, -0.15) is 0 Å². The zero-order valence-corrected chi connectivity index (χ0v) is 16.5. The summed E-state index contributed by atoms with van der Waals surface area (Å²) in [6.45, 7) is 7.95. The SMILES string of the molecule is CCn1c(-c2ccc(OC(F)(F)F)cc2Cl)nn2c(C)cc(C(C)C)c2c1=O. The Morgan fingerprint density at radius 2 is 1.93 bits per heavy atom. The molecular formula is C19H19ClF3N3O2. The summed E-state index contributed by atoms with van der Waals surface area (Å²) in [6, 6.07) is 5.49. The predicted molar refractivity (Wildman–Crippen MR) is 101 cm³/mol. The summed E-state index contributed by atoms with van der Waals surface area (Å²) in [6.07, 6.45) is -4.82. The van der Waals surface area contributed by atoms with Crippen LogP contribution in [0.5, 0.6) is 5.75 Å². The van der Waals surface area contributed by atoms with Crippen LogP contribution < -0.4 is 10.3 Å². The Labute approximate surface area is 164 Å². The highest BCUT2D eigenvalue weighted by atomic mass is 35.5. The molecule has 3 aromatic rings. The molecule has 0 radical (unpaired) electrons. The van der Waals surface area contributed by atoms with Gasteiger partial charge in [-0.15, -0.1) is 18.3 Å². The maximum atomic E-state index is 13.1. The van der Waals surface area contributed by atoms with E-state index < -0.39 is 12.1 Å². The lowest BCUT2D eigenvalue weighted by molar-refractivity contribution is -0.274. The van der Waals surface area contributed by atoms with E-state index in [1.54, 1.807) is 11.4 Å². The van der Waals surface area contributed by atoms with Gasteiger partial charge in [0, 0.05) is 17.8 Å². The molecule has 0 saturated heterocycles. The Hall–Kier alpha value is -2.48. The van der Waals surface area contributed by atoms with E-state index in [-0.39, 0.29) is 22.3 Å². The number of aryl methyl sites for hydroxylation is 1. The van der Waals surface area contributed by atoms with E-state index in [1.807, 2.05) is 26.8 Å². The average Bonchev–Trinajstić information content (AvgIpc) is 2.91. The van der Waals surface area contributed by atoms with Crippen LogP contribution in [0.25, 0.3) is 16.9 Å². The van der Waals surface area contributed by atoms with Gasteiger partial charge in [0.25, 0.3) is 5.56 Å². The first-order valence-electron chi connectivity index (χ1n) is 8.72. The number of rotatable bonds is 4. The molecule has 0 aliphatic carbocycles. The summed E-state index contributed by atoms with van der Waals surface area (Å²) in [5, 5.41) is 4.58. The van der Waals surface area contributed by atoms with Crippen LogP contribution in [-0.2, 0) is 6.54 Å². The van der Waals surface area contributed by atoms with Crippen molar-refractivity contribution in [2.45, 2.75) is 46.5 Å². The molecule has 0 N–H and O–H groups in total. The Kier molecular flexibility index (Phi) is 5.18. The molecule has 2 heterocycles. The van der Waals surface area contributed by atoms with Gasteiger partial charge in [0.1, 0.15) is 11.3 Å². The number of halogens is 4. The van der Waals surface area contributed by atoms with Crippen molar-refractivity contribution < 1.29 is 17.9 Å². The molecule has 9 heteroatoms. The summed E-state index contributed by atoms with van der Waals surface area (Å²) in [4.78, 5) is 13.1. The summed E-state index contributed by atoms with van der Waals surface area (Å²) in [5.74, 6) is -0.0266. The van der Waals surface area contributed by atoms with Crippen molar-refractivity contribution in [2.75, 3.05) is 0 Å². The molecule has 28 heavy (non-hydrogen) atoms. The van der Waals surface area contributed by atoms with Crippen LogP contribution in [-0.4, -0.2) is 20.5 Å². The first-order chi connectivity index (χ1) is 13.0. The minimum atomic E-state index is -4.82. The second kappa shape index (κ2) is 7.16. The van der Waals surface area contributed by atoms with Crippen LogP contribution in [0.1, 0.15) is 37.9 Å². The summed E-state index contributed by atoms with van der Waals surface area (Å²) >= 11 is 6.21. The fourth-order valence-corrected chi connectivity index (χ4v) is 3.43.